The number of nitrogens with zero attached hydrogens (tertiary/aromatic N) is 3. The number of fused-ring (bicyclic) bond motifs is 1. The highest BCUT2D eigenvalue weighted by atomic mass is 35.5. The SMILES string of the molecule is O=C(Nc1ccc(Cl)c([N+](=O)[O-])c1)[C@H](Cc1ccc([N+](=O)[O-])cc1)N1C(=O)c2ccccc2C1=O. The van der Waals surface area contributed by atoms with Gasteiger partial charge in [0.05, 0.1) is 21.0 Å². The van der Waals surface area contributed by atoms with Crippen LogP contribution >= 0.6 is 11.6 Å². The molecule has 0 spiro atoms. The van der Waals surface area contributed by atoms with E-state index < -0.39 is 39.3 Å². The second-order valence-electron chi connectivity index (χ2n) is 7.58. The Bertz CT molecular complexity index is 1360. The lowest BCUT2D eigenvalue weighted by molar-refractivity contribution is -0.385. The van der Waals surface area contributed by atoms with Crippen molar-refractivity contribution in [2.24, 2.45) is 0 Å². The van der Waals surface area contributed by atoms with E-state index in [2.05, 4.69) is 5.32 Å². The van der Waals surface area contributed by atoms with Crippen molar-refractivity contribution in [2.45, 2.75) is 12.5 Å². The number of nitro benzene ring substituents is 2. The zero-order valence-electron chi connectivity index (χ0n) is 17.7. The minimum Gasteiger partial charge on any atom is -0.324 e. The first-order chi connectivity index (χ1) is 16.7. The maximum absolute atomic E-state index is 13.3. The number of rotatable bonds is 7. The quantitative estimate of drug-likeness (QED) is 0.296. The van der Waals surface area contributed by atoms with Gasteiger partial charge in [0, 0.05) is 30.3 Å². The van der Waals surface area contributed by atoms with Crippen LogP contribution in [0.5, 0.6) is 0 Å². The van der Waals surface area contributed by atoms with Crippen molar-refractivity contribution in [1.29, 1.82) is 0 Å². The normalized spacial score (nSPS) is 13.3. The van der Waals surface area contributed by atoms with Crippen LogP contribution in [-0.4, -0.2) is 38.5 Å². The molecule has 35 heavy (non-hydrogen) atoms. The van der Waals surface area contributed by atoms with E-state index >= 15 is 0 Å². The molecule has 176 valence electrons. The van der Waals surface area contributed by atoms with E-state index in [9.17, 15) is 34.6 Å². The van der Waals surface area contributed by atoms with E-state index in [1.165, 1.54) is 48.5 Å². The van der Waals surface area contributed by atoms with Gasteiger partial charge in [-0.1, -0.05) is 35.9 Å². The van der Waals surface area contributed by atoms with Crippen LogP contribution in [0.15, 0.2) is 66.7 Å². The van der Waals surface area contributed by atoms with Crippen molar-refractivity contribution in [2.75, 3.05) is 5.32 Å². The molecule has 1 aliphatic heterocycles. The number of non-ortho nitro benzene ring substituents is 1. The number of nitrogens with one attached hydrogen (secondary N) is 1. The molecule has 4 rings (SSSR count). The van der Waals surface area contributed by atoms with Crippen LogP contribution in [-0.2, 0) is 11.2 Å². The Labute approximate surface area is 202 Å². The molecule has 0 aromatic heterocycles. The number of amides is 3. The van der Waals surface area contributed by atoms with Crippen LogP contribution in [0, 0.1) is 20.2 Å². The van der Waals surface area contributed by atoms with Gasteiger partial charge in [-0.25, -0.2) is 0 Å². The maximum Gasteiger partial charge on any atom is 0.289 e. The number of imide groups is 1. The van der Waals surface area contributed by atoms with Crippen LogP contribution in [0.4, 0.5) is 17.1 Å². The number of benzene rings is 3. The molecule has 1 aliphatic rings. The number of anilines is 1. The van der Waals surface area contributed by atoms with Crippen LogP contribution < -0.4 is 5.32 Å². The van der Waals surface area contributed by atoms with Crippen LogP contribution in [0.1, 0.15) is 26.3 Å². The van der Waals surface area contributed by atoms with Gasteiger partial charge >= 0.3 is 0 Å². The molecule has 3 aromatic carbocycles. The third kappa shape index (κ3) is 4.57. The first-order valence-electron chi connectivity index (χ1n) is 10.1. The minimum atomic E-state index is -1.35. The number of hydrogen-bond donors (Lipinski definition) is 1. The second kappa shape index (κ2) is 9.31. The molecule has 0 bridgehead atoms. The van der Waals surface area contributed by atoms with Gasteiger partial charge in [0.15, 0.2) is 0 Å². The summed E-state index contributed by atoms with van der Waals surface area (Å²) in [7, 11) is 0. The summed E-state index contributed by atoms with van der Waals surface area (Å²) in [6.07, 6.45) is -0.148. The average molecular weight is 495 g/mol. The van der Waals surface area contributed by atoms with E-state index in [0.29, 0.717) is 5.56 Å². The molecule has 0 saturated heterocycles. The highest BCUT2D eigenvalue weighted by Gasteiger charge is 2.42. The molecule has 0 aliphatic carbocycles. The lowest BCUT2D eigenvalue weighted by Gasteiger charge is -2.25. The van der Waals surface area contributed by atoms with Gasteiger partial charge in [-0.3, -0.25) is 39.5 Å². The first kappa shape index (κ1) is 23.5. The number of nitro groups is 2. The molecular formula is C23H15ClN4O7. The van der Waals surface area contributed by atoms with Gasteiger partial charge in [-0.15, -0.1) is 0 Å². The summed E-state index contributed by atoms with van der Waals surface area (Å²) < 4.78 is 0. The molecule has 3 amide bonds. The third-order valence-electron chi connectivity index (χ3n) is 5.43. The summed E-state index contributed by atoms with van der Waals surface area (Å²) in [5.74, 6) is -2.13. The molecule has 1 atom stereocenters. The summed E-state index contributed by atoms with van der Waals surface area (Å²) in [6.45, 7) is 0. The third-order valence-corrected chi connectivity index (χ3v) is 5.75. The van der Waals surface area contributed by atoms with Gasteiger partial charge in [0.2, 0.25) is 5.91 Å². The highest BCUT2D eigenvalue weighted by Crippen LogP contribution is 2.29. The number of carbonyl (C=O) groups excluding carboxylic acids is 3. The van der Waals surface area contributed by atoms with Crippen LogP contribution in [0.3, 0.4) is 0 Å². The van der Waals surface area contributed by atoms with Gasteiger partial charge in [-0.2, -0.15) is 0 Å². The Morgan fingerprint density at radius 3 is 2.06 bits per heavy atom. The Balaban J connectivity index is 1.69. The lowest BCUT2D eigenvalue weighted by atomic mass is 10.0. The first-order valence-corrected chi connectivity index (χ1v) is 10.5. The Kier molecular flexibility index (Phi) is 6.26. The van der Waals surface area contributed by atoms with Crippen molar-refractivity contribution in [3.8, 4) is 0 Å². The van der Waals surface area contributed by atoms with Gasteiger partial charge in [-0.05, 0) is 29.8 Å². The van der Waals surface area contributed by atoms with Crippen LogP contribution in [0.2, 0.25) is 5.02 Å². The van der Waals surface area contributed by atoms with E-state index in [1.54, 1.807) is 12.1 Å². The van der Waals surface area contributed by atoms with Crippen LogP contribution in [0.25, 0.3) is 0 Å². The molecule has 12 heteroatoms. The van der Waals surface area contributed by atoms with Crippen molar-refractivity contribution in [3.63, 3.8) is 0 Å². The van der Waals surface area contributed by atoms with E-state index in [1.807, 2.05) is 0 Å². The summed E-state index contributed by atoms with van der Waals surface area (Å²) in [5, 5.41) is 24.5. The molecule has 0 saturated carbocycles. The topological polar surface area (TPSA) is 153 Å². The van der Waals surface area contributed by atoms with Crippen molar-refractivity contribution >= 4 is 46.4 Å². The zero-order valence-corrected chi connectivity index (χ0v) is 18.5. The number of halogens is 1. The van der Waals surface area contributed by atoms with E-state index in [4.69, 9.17) is 11.6 Å². The Morgan fingerprint density at radius 1 is 0.914 bits per heavy atom. The minimum absolute atomic E-state index is 0.0383. The van der Waals surface area contributed by atoms with E-state index in [0.717, 1.165) is 11.0 Å². The van der Waals surface area contributed by atoms with E-state index in [-0.39, 0.29) is 33.9 Å². The molecule has 1 N–H and O–H groups in total. The smallest absolute Gasteiger partial charge is 0.289 e. The molecule has 0 radical (unpaired) electrons. The monoisotopic (exact) mass is 494 g/mol. The van der Waals surface area contributed by atoms with Crippen molar-refractivity contribution < 1.29 is 24.2 Å². The predicted molar refractivity (Wildman–Crippen MR) is 124 cm³/mol. The predicted octanol–water partition coefficient (Wildman–Crippen LogP) is 4.00. The van der Waals surface area contributed by atoms with Crippen molar-refractivity contribution in [3.05, 3.63) is 109 Å². The maximum atomic E-state index is 13.3. The molecule has 3 aromatic rings. The number of carbonyl (C=O) groups is 3. The Morgan fingerprint density at radius 2 is 1.51 bits per heavy atom. The molecule has 1 heterocycles. The summed E-state index contributed by atoms with van der Waals surface area (Å²) in [6, 6.07) is 13.7. The zero-order chi connectivity index (χ0) is 25.3. The standard InChI is InChI=1S/C23H15ClN4O7/c24-18-10-7-14(12-19(18)28(34)35)25-21(29)20(11-13-5-8-15(9-6-13)27(32)33)26-22(30)16-3-1-2-4-17(16)23(26)31/h1-10,12,20H,11H2,(H,25,29)/t20-/m0/s1. The summed E-state index contributed by atoms with van der Waals surface area (Å²) >= 11 is 5.83. The lowest BCUT2D eigenvalue weighted by Crippen LogP contribution is -2.48. The average Bonchev–Trinajstić information content (AvgIpc) is 3.09. The summed E-state index contributed by atoms with van der Waals surface area (Å²) in [4.78, 5) is 61.1. The fourth-order valence-electron chi connectivity index (χ4n) is 3.73. The molecule has 11 nitrogen and oxygen atoms in total. The second-order valence-corrected chi connectivity index (χ2v) is 7.99. The fraction of sp³-hybridized carbons (Fsp3) is 0.0870. The summed E-state index contributed by atoms with van der Waals surface area (Å²) in [5.41, 5.74) is 0.175. The van der Waals surface area contributed by atoms with Crippen molar-refractivity contribution in [1.82, 2.24) is 4.90 Å². The van der Waals surface area contributed by atoms with Gasteiger partial charge in [0.25, 0.3) is 23.2 Å². The fourth-order valence-corrected chi connectivity index (χ4v) is 3.91. The molecule has 0 unspecified atom stereocenters. The van der Waals surface area contributed by atoms with Gasteiger partial charge in [0.1, 0.15) is 11.1 Å². The molecular weight excluding hydrogens is 480 g/mol. The number of hydrogen-bond acceptors (Lipinski definition) is 7. The Hall–Kier alpha value is -4.64. The van der Waals surface area contributed by atoms with Gasteiger partial charge < -0.3 is 5.32 Å². The largest absolute Gasteiger partial charge is 0.324 e. The molecule has 0 fully saturated rings. The highest BCUT2D eigenvalue weighted by molar-refractivity contribution is 6.32.